The molecule has 1 rings (SSSR count). The first-order valence-corrected chi connectivity index (χ1v) is 3.29. The second kappa shape index (κ2) is 2.67. The first kappa shape index (κ1) is 6.34. The van der Waals surface area contributed by atoms with Gasteiger partial charge in [-0.05, 0) is 19.8 Å². The molecule has 1 aliphatic rings. The van der Waals surface area contributed by atoms with Crippen LogP contribution in [-0.4, -0.2) is 0 Å². The molecule has 0 saturated carbocycles. The minimum Gasteiger partial charge on any atom is -0.0961 e. The Morgan fingerprint density at radius 1 is 1.89 bits per heavy atom. The lowest BCUT2D eigenvalue weighted by molar-refractivity contribution is 1.27. The maximum atomic E-state index is 3.77. The quantitative estimate of drug-likeness (QED) is 0.397. The molecular weight excluding hydrogens is 108 g/mol. The maximum absolute atomic E-state index is 3.77. The highest BCUT2D eigenvalue weighted by Gasteiger charge is 2.02. The van der Waals surface area contributed by atoms with E-state index < -0.39 is 0 Å². The summed E-state index contributed by atoms with van der Waals surface area (Å²) in [5.41, 5.74) is 2.70. The van der Waals surface area contributed by atoms with Gasteiger partial charge in [-0.1, -0.05) is 36.0 Å². The molecule has 0 aromatic carbocycles. The van der Waals surface area contributed by atoms with E-state index in [0.717, 1.165) is 12.0 Å². The lowest BCUT2D eigenvalue weighted by Gasteiger charge is -1.83. The molecule has 9 heavy (non-hydrogen) atoms. The van der Waals surface area contributed by atoms with Gasteiger partial charge >= 0.3 is 0 Å². The fourth-order valence-electron chi connectivity index (χ4n) is 0.650. The van der Waals surface area contributed by atoms with Crippen LogP contribution in [-0.2, 0) is 0 Å². The van der Waals surface area contributed by atoms with E-state index in [9.17, 15) is 0 Å². The van der Waals surface area contributed by atoms with Gasteiger partial charge in [-0.25, -0.2) is 0 Å². The minimum absolute atomic E-state index is 1.13. The Morgan fingerprint density at radius 2 is 2.56 bits per heavy atom. The van der Waals surface area contributed by atoms with Gasteiger partial charge < -0.3 is 0 Å². The van der Waals surface area contributed by atoms with Crippen molar-refractivity contribution < 1.29 is 0 Å². The predicted octanol–water partition coefficient (Wildman–Crippen LogP) is 2.84. The fourth-order valence-corrected chi connectivity index (χ4v) is 0.650. The van der Waals surface area contributed by atoms with Crippen LogP contribution in [0.15, 0.2) is 36.0 Å². The molecule has 0 N–H and O–H groups in total. The normalized spacial score (nSPS) is 15.9. The van der Waals surface area contributed by atoms with E-state index in [0.29, 0.717) is 0 Å². The SMILES string of the molecule is C=C(C)C=CCC1=CC1. The summed E-state index contributed by atoms with van der Waals surface area (Å²) in [7, 11) is 0. The van der Waals surface area contributed by atoms with Crippen molar-refractivity contribution in [1.82, 2.24) is 0 Å². The third kappa shape index (κ3) is 2.91. The Labute approximate surface area is 56.6 Å². The molecule has 0 heteroatoms. The molecule has 0 aromatic rings. The van der Waals surface area contributed by atoms with Crippen LogP contribution in [0.2, 0.25) is 0 Å². The van der Waals surface area contributed by atoms with Crippen molar-refractivity contribution in [3.63, 3.8) is 0 Å². The lowest BCUT2D eigenvalue weighted by atomic mass is 10.2. The second-order valence-electron chi connectivity index (χ2n) is 2.52. The van der Waals surface area contributed by atoms with E-state index in [1.54, 1.807) is 5.57 Å². The molecule has 0 nitrogen and oxygen atoms in total. The molecule has 0 bridgehead atoms. The van der Waals surface area contributed by atoms with Crippen molar-refractivity contribution >= 4 is 0 Å². The molecule has 0 saturated heterocycles. The largest absolute Gasteiger partial charge is 0.0961 e. The van der Waals surface area contributed by atoms with E-state index in [-0.39, 0.29) is 0 Å². The summed E-state index contributed by atoms with van der Waals surface area (Å²) in [6.45, 7) is 5.78. The zero-order valence-corrected chi connectivity index (χ0v) is 5.85. The highest BCUT2D eigenvalue weighted by Crippen LogP contribution is 2.22. The first-order chi connectivity index (χ1) is 4.29. The molecule has 0 atom stereocenters. The van der Waals surface area contributed by atoms with E-state index in [4.69, 9.17) is 0 Å². The maximum Gasteiger partial charge on any atom is -0.0132 e. The molecule has 0 radical (unpaired) electrons. The Bertz CT molecular complexity index is 170. The summed E-state index contributed by atoms with van der Waals surface area (Å²) in [5, 5.41) is 0. The van der Waals surface area contributed by atoms with Crippen LogP contribution >= 0.6 is 0 Å². The van der Waals surface area contributed by atoms with Crippen LogP contribution in [0.25, 0.3) is 0 Å². The van der Waals surface area contributed by atoms with Crippen molar-refractivity contribution in [3.8, 4) is 0 Å². The van der Waals surface area contributed by atoms with Gasteiger partial charge in [0.15, 0.2) is 0 Å². The van der Waals surface area contributed by atoms with Gasteiger partial charge in [0.05, 0.1) is 0 Å². The molecule has 1 aliphatic carbocycles. The Balaban J connectivity index is 2.15. The van der Waals surface area contributed by atoms with E-state index >= 15 is 0 Å². The van der Waals surface area contributed by atoms with Crippen LogP contribution in [0.1, 0.15) is 19.8 Å². The fraction of sp³-hybridized carbons (Fsp3) is 0.333. The standard InChI is InChI=1S/C9H12/c1-8(2)4-3-5-9-6-7-9/h3-4,6H,1,5,7H2,2H3. The number of hydrogen-bond donors (Lipinski definition) is 0. The lowest BCUT2D eigenvalue weighted by Crippen LogP contribution is -1.62. The van der Waals surface area contributed by atoms with E-state index in [2.05, 4.69) is 24.8 Å². The van der Waals surface area contributed by atoms with Gasteiger partial charge in [0.25, 0.3) is 0 Å². The molecule has 0 aliphatic heterocycles. The number of hydrogen-bond acceptors (Lipinski definition) is 0. The Hall–Kier alpha value is -0.780. The van der Waals surface area contributed by atoms with Crippen LogP contribution in [0.3, 0.4) is 0 Å². The summed E-state index contributed by atoms with van der Waals surface area (Å²) >= 11 is 0. The average Bonchev–Trinajstić information content (AvgIpc) is 2.48. The Morgan fingerprint density at radius 3 is 3.00 bits per heavy atom. The van der Waals surface area contributed by atoms with Crippen molar-refractivity contribution in [3.05, 3.63) is 36.0 Å². The molecule has 0 heterocycles. The molecule has 0 amide bonds. The molecule has 0 fully saturated rings. The monoisotopic (exact) mass is 120 g/mol. The van der Waals surface area contributed by atoms with Crippen LogP contribution in [0.5, 0.6) is 0 Å². The number of rotatable bonds is 3. The predicted molar refractivity (Wildman–Crippen MR) is 41.3 cm³/mol. The van der Waals surface area contributed by atoms with Crippen molar-refractivity contribution in [2.24, 2.45) is 0 Å². The first-order valence-electron chi connectivity index (χ1n) is 3.29. The van der Waals surface area contributed by atoms with Crippen LogP contribution in [0.4, 0.5) is 0 Å². The summed E-state index contributed by atoms with van der Waals surface area (Å²) in [6.07, 6.45) is 8.86. The van der Waals surface area contributed by atoms with Gasteiger partial charge in [-0.2, -0.15) is 0 Å². The van der Waals surface area contributed by atoms with Gasteiger partial charge in [0.1, 0.15) is 0 Å². The van der Waals surface area contributed by atoms with Gasteiger partial charge in [0.2, 0.25) is 0 Å². The van der Waals surface area contributed by atoms with Crippen LogP contribution in [0, 0.1) is 0 Å². The summed E-state index contributed by atoms with van der Waals surface area (Å²) in [5.74, 6) is 0. The zero-order chi connectivity index (χ0) is 6.69. The smallest absolute Gasteiger partial charge is 0.0132 e. The van der Waals surface area contributed by atoms with Gasteiger partial charge in [0, 0.05) is 0 Å². The summed E-state index contributed by atoms with van der Waals surface area (Å²) in [6, 6.07) is 0. The van der Waals surface area contributed by atoms with E-state index in [1.807, 2.05) is 6.92 Å². The third-order valence-electron chi connectivity index (χ3n) is 1.28. The molecule has 0 spiro atoms. The zero-order valence-electron chi connectivity index (χ0n) is 5.85. The van der Waals surface area contributed by atoms with Crippen molar-refractivity contribution in [2.75, 3.05) is 0 Å². The van der Waals surface area contributed by atoms with Crippen molar-refractivity contribution in [1.29, 1.82) is 0 Å². The van der Waals surface area contributed by atoms with Gasteiger partial charge in [-0.15, -0.1) is 0 Å². The van der Waals surface area contributed by atoms with Gasteiger partial charge in [-0.3, -0.25) is 0 Å². The molecular formula is C9H12. The molecule has 48 valence electrons. The molecule has 0 aromatic heterocycles. The second-order valence-corrected chi connectivity index (χ2v) is 2.52. The van der Waals surface area contributed by atoms with Crippen molar-refractivity contribution in [2.45, 2.75) is 19.8 Å². The van der Waals surface area contributed by atoms with E-state index in [1.165, 1.54) is 6.42 Å². The third-order valence-corrected chi connectivity index (χ3v) is 1.28. The minimum atomic E-state index is 1.13. The topological polar surface area (TPSA) is 0 Å². The summed E-state index contributed by atoms with van der Waals surface area (Å²) < 4.78 is 0. The Kier molecular flexibility index (Phi) is 1.88. The highest BCUT2D eigenvalue weighted by atomic mass is 14.1. The highest BCUT2D eigenvalue weighted by molar-refractivity contribution is 5.25. The number of allylic oxidation sites excluding steroid dienone is 5. The average molecular weight is 120 g/mol. The van der Waals surface area contributed by atoms with Crippen LogP contribution < -0.4 is 0 Å². The summed E-state index contributed by atoms with van der Waals surface area (Å²) in [4.78, 5) is 0. The molecule has 0 unspecified atom stereocenters.